The van der Waals surface area contributed by atoms with Gasteiger partial charge in [0.1, 0.15) is 0 Å². The Hall–Kier alpha value is 0.180. The molecule has 0 aliphatic heterocycles. The third kappa shape index (κ3) is 3.09. The molecule has 1 aromatic heterocycles. The molecule has 0 amide bonds. The Morgan fingerprint density at radius 1 is 1.43 bits per heavy atom. The molecule has 14 heavy (non-hydrogen) atoms. The van der Waals surface area contributed by atoms with Crippen molar-refractivity contribution in [2.24, 2.45) is 5.92 Å². The third-order valence-electron chi connectivity index (χ3n) is 3.07. The van der Waals surface area contributed by atoms with Crippen LogP contribution in [0.15, 0.2) is 17.5 Å². The lowest BCUT2D eigenvalue weighted by molar-refractivity contribution is 0.495. The van der Waals surface area contributed by atoms with Gasteiger partial charge < -0.3 is 0 Å². The highest BCUT2D eigenvalue weighted by atomic mass is 79.9. The second kappa shape index (κ2) is 5.32. The number of hydrogen-bond acceptors (Lipinski definition) is 1. The number of thiophene rings is 1. The van der Waals surface area contributed by atoms with Crippen molar-refractivity contribution in [1.29, 1.82) is 0 Å². The Morgan fingerprint density at radius 3 is 2.86 bits per heavy atom. The molecule has 0 spiro atoms. The molecule has 1 aliphatic carbocycles. The molecule has 2 rings (SSSR count). The summed E-state index contributed by atoms with van der Waals surface area (Å²) in [6.07, 6.45) is 8.44. The van der Waals surface area contributed by atoms with E-state index in [4.69, 9.17) is 0 Å². The van der Waals surface area contributed by atoms with Crippen LogP contribution in [0.1, 0.15) is 37.0 Å². The summed E-state index contributed by atoms with van der Waals surface area (Å²) in [4.78, 5) is 2.22. The average Bonchev–Trinajstić information content (AvgIpc) is 2.76. The summed E-state index contributed by atoms with van der Waals surface area (Å²) in [5.74, 6) is 0.999. The monoisotopic (exact) mass is 272 g/mol. The predicted molar refractivity (Wildman–Crippen MR) is 67.3 cm³/mol. The molecule has 0 saturated heterocycles. The highest BCUT2D eigenvalue weighted by molar-refractivity contribution is 9.09. The molecular formula is C12H17BrS. The molecule has 0 N–H and O–H groups in total. The van der Waals surface area contributed by atoms with Gasteiger partial charge in [-0.05, 0) is 30.2 Å². The van der Waals surface area contributed by atoms with Gasteiger partial charge in [-0.25, -0.2) is 0 Å². The lowest BCUT2D eigenvalue weighted by Gasteiger charge is -2.13. The molecular weight excluding hydrogens is 256 g/mol. The number of hydrogen-bond donors (Lipinski definition) is 0. The van der Waals surface area contributed by atoms with Crippen LogP contribution in [0.5, 0.6) is 0 Å². The molecule has 78 valence electrons. The van der Waals surface area contributed by atoms with E-state index in [1.165, 1.54) is 43.4 Å². The Balaban J connectivity index is 1.75. The maximum Gasteiger partial charge on any atom is 0.0196 e. The number of alkyl halides is 1. The first kappa shape index (κ1) is 10.7. The van der Waals surface area contributed by atoms with Crippen molar-refractivity contribution < 1.29 is 0 Å². The molecule has 0 nitrogen and oxygen atoms in total. The zero-order valence-electron chi connectivity index (χ0n) is 8.42. The van der Waals surface area contributed by atoms with Crippen LogP contribution in [-0.2, 0) is 6.42 Å². The Kier molecular flexibility index (Phi) is 4.06. The average molecular weight is 273 g/mol. The van der Waals surface area contributed by atoms with Crippen LogP contribution >= 0.6 is 27.3 Å². The second-order valence-corrected chi connectivity index (χ2v) is 6.59. The molecule has 0 bridgehead atoms. The van der Waals surface area contributed by atoms with E-state index < -0.39 is 0 Å². The first-order valence-corrected chi connectivity index (χ1v) is 7.30. The fraction of sp³-hybridized carbons (Fsp3) is 0.667. The van der Waals surface area contributed by atoms with Crippen molar-refractivity contribution in [1.82, 2.24) is 0 Å². The van der Waals surface area contributed by atoms with E-state index >= 15 is 0 Å². The van der Waals surface area contributed by atoms with Crippen LogP contribution in [-0.4, -0.2) is 4.83 Å². The highest BCUT2D eigenvalue weighted by Crippen LogP contribution is 2.31. The summed E-state index contributed by atoms with van der Waals surface area (Å²) in [6, 6.07) is 4.39. The number of rotatable bonds is 4. The lowest BCUT2D eigenvalue weighted by atomic mass is 10.0. The minimum Gasteiger partial charge on any atom is -0.149 e. The van der Waals surface area contributed by atoms with Crippen molar-refractivity contribution in [2.75, 3.05) is 0 Å². The maximum atomic E-state index is 3.82. The van der Waals surface area contributed by atoms with Crippen LogP contribution < -0.4 is 0 Å². The van der Waals surface area contributed by atoms with Crippen LogP contribution in [0.4, 0.5) is 0 Å². The van der Waals surface area contributed by atoms with Gasteiger partial charge >= 0.3 is 0 Å². The molecule has 1 atom stereocenters. The van der Waals surface area contributed by atoms with Crippen LogP contribution in [0.3, 0.4) is 0 Å². The quantitative estimate of drug-likeness (QED) is 0.701. The minimum absolute atomic E-state index is 0.698. The second-order valence-electron chi connectivity index (χ2n) is 4.27. The van der Waals surface area contributed by atoms with Gasteiger partial charge in [0.05, 0.1) is 0 Å². The standard InChI is InChI=1S/C12H17BrS/c13-11(8-10-4-1-2-5-10)9-12-6-3-7-14-12/h3,6-7,10-11H,1-2,4-5,8-9H2. The molecule has 1 aliphatic rings. The van der Waals surface area contributed by atoms with Crippen molar-refractivity contribution in [3.63, 3.8) is 0 Å². The van der Waals surface area contributed by atoms with Crippen LogP contribution in [0.2, 0.25) is 0 Å². The maximum absolute atomic E-state index is 3.82. The Morgan fingerprint density at radius 2 is 2.21 bits per heavy atom. The predicted octanol–water partition coefficient (Wildman–Crippen LogP) is 4.63. The van der Waals surface area contributed by atoms with Gasteiger partial charge in [0, 0.05) is 9.70 Å². The van der Waals surface area contributed by atoms with Crippen LogP contribution in [0, 0.1) is 5.92 Å². The first-order chi connectivity index (χ1) is 6.84. The minimum atomic E-state index is 0.698. The van der Waals surface area contributed by atoms with Gasteiger partial charge in [-0.3, -0.25) is 0 Å². The van der Waals surface area contributed by atoms with Gasteiger partial charge in [0.25, 0.3) is 0 Å². The van der Waals surface area contributed by atoms with Crippen molar-refractivity contribution in [3.05, 3.63) is 22.4 Å². The summed E-state index contributed by atoms with van der Waals surface area (Å²) in [5.41, 5.74) is 0. The summed E-state index contributed by atoms with van der Waals surface area (Å²) in [5, 5.41) is 2.17. The van der Waals surface area contributed by atoms with Crippen LogP contribution in [0.25, 0.3) is 0 Å². The van der Waals surface area contributed by atoms with E-state index in [-0.39, 0.29) is 0 Å². The van der Waals surface area contributed by atoms with Gasteiger partial charge in [0.2, 0.25) is 0 Å². The number of halogens is 1. The molecule has 1 unspecified atom stereocenters. The van der Waals surface area contributed by atoms with E-state index in [1.54, 1.807) is 0 Å². The van der Waals surface area contributed by atoms with E-state index in [1.807, 2.05) is 11.3 Å². The summed E-state index contributed by atoms with van der Waals surface area (Å²) in [6.45, 7) is 0. The third-order valence-corrected chi connectivity index (χ3v) is 4.66. The molecule has 1 aromatic rings. The van der Waals surface area contributed by atoms with Gasteiger partial charge in [-0.15, -0.1) is 11.3 Å². The zero-order chi connectivity index (χ0) is 9.80. The normalized spacial score (nSPS) is 20.1. The smallest absolute Gasteiger partial charge is 0.0196 e. The fourth-order valence-corrected chi connectivity index (χ4v) is 4.22. The lowest BCUT2D eigenvalue weighted by Crippen LogP contribution is -2.07. The molecule has 0 aromatic carbocycles. The molecule has 1 heterocycles. The van der Waals surface area contributed by atoms with Gasteiger partial charge in [0.15, 0.2) is 0 Å². The SMILES string of the molecule is BrC(Cc1cccs1)CC1CCCC1. The van der Waals surface area contributed by atoms with Gasteiger partial charge in [-0.2, -0.15) is 0 Å². The Bertz CT molecular complexity index is 249. The summed E-state index contributed by atoms with van der Waals surface area (Å²) < 4.78 is 0. The Labute approximate surface area is 98.9 Å². The van der Waals surface area contributed by atoms with E-state index in [2.05, 4.69) is 33.4 Å². The van der Waals surface area contributed by atoms with Crippen molar-refractivity contribution in [3.8, 4) is 0 Å². The summed E-state index contributed by atoms with van der Waals surface area (Å²) in [7, 11) is 0. The summed E-state index contributed by atoms with van der Waals surface area (Å²) >= 11 is 5.70. The van der Waals surface area contributed by atoms with E-state index in [0.717, 1.165) is 5.92 Å². The largest absolute Gasteiger partial charge is 0.149 e. The van der Waals surface area contributed by atoms with Crippen molar-refractivity contribution in [2.45, 2.75) is 43.4 Å². The topological polar surface area (TPSA) is 0 Å². The first-order valence-electron chi connectivity index (χ1n) is 5.51. The molecule has 2 heteroatoms. The molecule has 1 saturated carbocycles. The van der Waals surface area contributed by atoms with Gasteiger partial charge in [-0.1, -0.05) is 47.7 Å². The van der Waals surface area contributed by atoms with E-state index in [9.17, 15) is 0 Å². The zero-order valence-corrected chi connectivity index (χ0v) is 10.8. The fourth-order valence-electron chi connectivity index (χ4n) is 2.34. The molecule has 1 fully saturated rings. The highest BCUT2D eigenvalue weighted by Gasteiger charge is 2.18. The van der Waals surface area contributed by atoms with Crippen molar-refractivity contribution >= 4 is 27.3 Å². The molecule has 0 radical (unpaired) electrons. The van der Waals surface area contributed by atoms with E-state index in [0.29, 0.717) is 4.83 Å².